The Morgan fingerprint density at radius 2 is 2.22 bits per heavy atom. The highest BCUT2D eigenvalue weighted by Crippen LogP contribution is 2.14. The molecule has 1 aromatic carbocycles. The van der Waals surface area contributed by atoms with Gasteiger partial charge in [-0.25, -0.2) is 4.79 Å². The summed E-state index contributed by atoms with van der Waals surface area (Å²) in [4.78, 5) is 11.4. The number of halogens is 1. The van der Waals surface area contributed by atoms with Gasteiger partial charge in [0, 0.05) is 12.9 Å². The quantitative estimate of drug-likeness (QED) is 0.643. The highest BCUT2D eigenvalue weighted by molar-refractivity contribution is 6.17. The Bertz CT molecular complexity index is 574. The molecule has 2 aromatic rings. The summed E-state index contributed by atoms with van der Waals surface area (Å²) in [7, 11) is 1.72. The van der Waals surface area contributed by atoms with Crippen LogP contribution in [0.2, 0.25) is 0 Å². The number of nitrogens with one attached hydrogen (secondary N) is 1. The molecule has 0 radical (unpaired) electrons. The van der Waals surface area contributed by atoms with Crippen molar-refractivity contribution < 1.29 is 4.42 Å². The van der Waals surface area contributed by atoms with Crippen LogP contribution in [0.15, 0.2) is 27.4 Å². The van der Waals surface area contributed by atoms with Gasteiger partial charge in [0.15, 0.2) is 5.58 Å². The third-order valence-corrected chi connectivity index (χ3v) is 3.20. The van der Waals surface area contributed by atoms with E-state index in [1.165, 1.54) is 10.1 Å². The summed E-state index contributed by atoms with van der Waals surface area (Å²) in [6, 6.07) is 5.85. The summed E-state index contributed by atoms with van der Waals surface area (Å²) in [6.07, 6.45) is 1.91. The van der Waals surface area contributed by atoms with Gasteiger partial charge in [-0.05, 0) is 43.6 Å². The summed E-state index contributed by atoms with van der Waals surface area (Å²) in [6.45, 7) is 1.85. The van der Waals surface area contributed by atoms with Gasteiger partial charge in [-0.3, -0.25) is 4.57 Å². The van der Waals surface area contributed by atoms with Crippen LogP contribution in [0.25, 0.3) is 11.1 Å². The zero-order valence-corrected chi connectivity index (χ0v) is 11.2. The molecule has 0 spiro atoms. The van der Waals surface area contributed by atoms with Gasteiger partial charge in [0.2, 0.25) is 0 Å². The molecule has 0 aliphatic heterocycles. The van der Waals surface area contributed by atoms with E-state index < -0.39 is 0 Å². The molecule has 0 saturated heterocycles. The van der Waals surface area contributed by atoms with Gasteiger partial charge in [0.05, 0.1) is 5.52 Å². The van der Waals surface area contributed by atoms with E-state index >= 15 is 0 Å². The average Bonchev–Trinajstić information content (AvgIpc) is 2.65. The molecule has 0 fully saturated rings. The van der Waals surface area contributed by atoms with Gasteiger partial charge in [-0.1, -0.05) is 6.07 Å². The minimum Gasteiger partial charge on any atom is -0.408 e. The molecule has 0 unspecified atom stereocenters. The highest BCUT2D eigenvalue weighted by atomic mass is 35.5. The average molecular weight is 269 g/mol. The second kappa shape index (κ2) is 6.07. The standard InChI is InChI=1S/C13H17ClN2O2/c1-16-11-9-10(5-8-15-7-2-6-14)3-4-12(11)18-13(16)17/h3-4,9,15H,2,5-8H2,1H3. The molecule has 0 amide bonds. The Morgan fingerprint density at radius 3 is 3.00 bits per heavy atom. The molecule has 1 aromatic heterocycles. The minimum absolute atomic E-state index is 0.317. The van der Waals surface area contributed by atoms with Crippen LogP contribution in [0.5, 0.6) is 0 Å². The van der Waals surface area contributed by atoms with Crippen molar-refractivity contribution in [2.24, 2.45) is 7.05 Å². The van der Waals surface area contributed by atoms with Crippen molar-refractivity contribution in [1.82, 2.24) is 9.88 Å². The van der Waals surface area contributed by atoms with Gasteiger partial charge < -0.3 is 9.73 Å². The second-order valence-corrected chi connectivity index (χ2v) is 4.65. The molecule has 4 nitrogen and oxygen atoms in total. The van der Waals surface area contributed by atoms with Gasteiger partial charge in [-0.2, -0.15) is 0 Å². The van der Waals surface area contributed by atoms with Crippen molar-refractivity contribution >= 4 is 22.7 Å². The molecular formula is C13H17ClN2O2. The first-order valence-corrected chi connectivity index (χ1v) is 6.61. The predicted octanol–water partition coefficient (Wildman–Crippen LogP) is 1.89. The van der Waals surface area contributed by atoms with E-state index in [0.717, 1.165) is 31.4 Å². The van der Waals surface area contributed by atoms with E-state index in [1.807, 2.05) is 18.2 Å². The highest BCUT2D eigenvalue weighted by Gasteiger charge is 2.05. The molecule has 0 aliphatic carbocycles. The van der Waals surface area contributed by atoms with Crippen molar-refractivity contribution in [1.29, 1.82) is 0 Å². The lowest BCUT2D eigenvalue weighted by atomic mass is 10.1. The zero-order valence-electron chi connectivity index (χ0n) is 10.4. The maximum atomic E-state index is 11.4. The van der Waals surface area contributed by atoms with Crippen molar-refractivity contribution in [2.75, 3.05) is 19.0 Å². The van der Waals surface area contributed by atoms with Crippen LogP contribution >= 0.6 is 11.6 Å². The van der Waals surface area contributed by atoms with Crippen LogP contribution in [-0.4, -0.2) is 23.5 Å². The van der Waals surface area contributed by atoms with Crippen LogP contribution in [0.4, 0.5) is 0 Å². The van der Waals surface area contributed by atoms with E-state index in [0.29, 0.717) is 11.5 Å². The molecule has 0 atom stereocenters. The predicted molar refractivity (Wildman–Crippen MR) is 73.4 cm³/mol. The van der Waals surface area contributed by atoms with E-state index in [-0.39, 0.29) is 5.76 Å². The minimum atomic E-state index is -0.317. The Balaban J connectivity index is 2.01. The first kappa shape index (κ1) is 13.2. The third-order valence-electron chi connectivity index (χ3n) is 2.93. The fourth-order valence-corrected chi connectivity index (χ4v) is 2.01. The largest absolute Gasteiger partial charge is 0.419 e. The number of oxazole rings is 1. The Hall–Kier alpha value is -1.26. The summed E-state index contributed by atoms with van der Waals surface area (Å²) < 4.78 is 6.62. The number of aromatic nitrogens is 1. The number of alkyl halides is 1. The van der Waals surface area contributed by atoms with E-state index in [4.69, 9.17) is 16.0 Å². The lowest BCUT2D eigenvalue weighted by Crippen LogP contribution is -2.18. The molecule has 1 heterocycles. The number of fused-ring (bicyclic) bond motifs is 1. The second-order valence-electron chi connectivity index (χ2n) is 4.27. The fourth-order valence-electron chi connectivity index (χ4n) is 1.88. The van der Waals surface area contributed by atoms with Crippen LogP contribution in [-0.2, 0) is 13.5 Å². The SMILES string of the molecule is Cn1c(=O)oc2ccc(CCNCCCCl)cc21. The van der Waals surface area contributed by atoms with E-state index in [9.17, 15) is 4.79 Å². The first-order valence-electron chi connectivity index (χ1n) is 6.07. The molecule has 0 aliphatic rings. The summed E-state index contributed by atoms with van der Waals surface area (Å²) in [5, 5.41) is 3.33. The molecule has 18 heavy (non-hydrogen) atoms. The molecule has 5 heteroatoms. The summed E-state index contributed by atoms with van der Waals surface area (Å²) >= 11 is 5.60. The molecule has 0 bridgehead atoms. The topological polar surface area (TPSA) is 47.2 Å². The summed E-state index contributed by atoms with van der Waals surface area (Å²) in [5.41, 5.74) is 2.68. The molecule has 1 N–H and O–H groups in total. The number of hydrogen-bond acceptors (Lipinski definition) is 3. The van der Waals surface area contributed by atoms with Gasteiger partial charge in [-0.15, -0.1) is 11.6 Å². The maximum absolute atomic E-state index is 11.4. The van der Waals surface area contributed by atoms with Crippen molar-refractivity contribution in [3.63, 3.8) is 0 Å². The molecular weight excluding hydrogens is 252 g/mol. The van der Waals surface area contributed by atoms with Crippen LogP contribution < -0.4 is 11.1 Å². The maximum Gasteiger partial charge on any atom is 0.419 e. The number of aryl methyl sites for hydroxylation is 1. The normalized spacial score (nSPS) is 11.2. The van der Waals surface area contributed by atoms with Crippen molar-refractivity contribution in [3.05, 3.63) is 34.3 Å². The smallest absolute Gasteiger partial charge is 0.408 e. The van der Waals surface area contributed by atoms with Crippen molar-refractivity contribution in [2.45, 2.75) is 12.8 Å². The summed E-state index contributed by atoms with van der Waals surface area (Å²) in [5.74, 6) is 0.373. The Morgan fingerprint density at radius 1 is 1.39 bits per heavy atom. The zero-order chi connectivity index (χ0) is 13.0. The number of hydrogen-bond donors (Lipinski definition) is 1. The third kappa shape index (κ3) is 2.94. The molecule has 98 valence electrons. The fraction of sp³-hybridized carbons (Fsp3) is 0.462. The molecule has 2 rings (SSSR count). The Kier molecular flexibility index (Phi) is 4.44. The molecule has 0 saturated carbocycles. The van der Waals surface area contributed by atoms with Crippen molar-refractivity contribution in [3.8, 4) is 0 Å². The van der Waals surface area contributed by atoms with E-state index in [1.54, 1.807) is 7.05 Å². The van der Waals surface area contributed by atoms with Gasteiger partial charge >= 0.3 is 5.76 Å². The lowest BCUT2D eigenvalue weighted by Gasteiger charge is -2.04. The van der Waals surface area contributed by atoms with Gasteiger partial charge in [0.1, 0.15) is 0 Å². The van der Waals surface area contributed by atoms with Gasteiger partial charge in [0.25, 0.3) is 0 Å². The van der Waals surface area contributed by atoms with Crippen LogP contribution in [0.1, 0.15) is 12.0 Å². The number of rotatable bonds is 6. The lowest BCUT2D eigenvalue weighted by molar-refractivity contribution is 0.528. The van der Waals surface area contributed by atoms with Crippen LogP contribution in [0, 0.1) is 0 Å². The number of nitrogens with zero attached hydrogens (tertiary/aromatic N) is 1. The first-order chi connectivity index (χ1) is 8.72. The van der Waals surface area contributed by atoms with E-state index in [2.05, 4.69) is 5.32 Å². The Labute approximate surface area is 111 Å². The monoisotopic (exact) mass is 268 g/mol. The number of benzene rings is 1. The van der Waals surface area contributed by atoms with Crippen LogP contribution in [0.3, 0.4) is 0 Å².